The zero-order valence-corrected chi connectivity index (χ0v) is 10.5. The predicted octanol–water partition coefficient (Wildman–Crippen LogP) is 3.16. The fraction of sp³-hybridized carbons (Fsp3) is 0.286. The van der Waals surface area contributed by atoms with E-state index in [2.05, 4.69) is 11.9 Å². The van der Waals surface area contributed by atoms with Crippen molar-refractivity contribution < 1.29 is 4.79 Å². The van der Waals surface area contributed by atoms with E-state index < -0.39 is 0 Å². The molecule has 18 heavy (non-hydrogen) atoms. The highest BCUT2D eigenvalue weighted by molar-refractivity contribution is 5.93. The minimum absolute atomic E-state index is 0.0628. The molecule has 0 aliphatic heterocycles. The van der Waals surface area contributed by atoms with Crippen LogP contribution in [0.3, 0.4) is 0 Å². The molecule has 1 amide bonds. The van der Waals surface area contributed by atoms with Crippen molar-refractivity contribution in [2.45, 2.75) is 19.8 Å². The minimum Gasteiger partial charge on any atom is -0.294 e. The number of unbranched alkanes of at least 4 members (excludes halogenated alkanes) is 1. The van der Waals surface area contributed by atoms with Crippen LogP contribution in [0.1, 0.15) is 19.8 Å². The third-order valence-corrected chi connectivity index (χ3v) is 2.76. The number of rotatable bonds is 4. The highest BCUT2D eigenvalue weighted by Gasteiger charge is 2.16. The molecule has 0 unspecified atom stereocenters. The van der Waals surface area contributed by atoms with Gasteiger partial charge < -0.3 is 0 Å². The van der Waals surface area contributed by atoms with E-state index in [1.165, 1.54) is 10.9 Å². The smallest absolute Gasteiger partial charge is 0.294 e. The fourth-order valence-electron chi connectivity index (χ4n) is 1.77. The summed E-state index contributed by atoms with van der Waals surface area (Å²) in [6, 6.07) is 9.66. The van der Waals surface area contributed by atoms with Crippen LogP contribution in [0.5, 0.6) is 0 Å². The lowest BCUT2D eigenvalue weighted by atomic mass is 10.2. The molecule has 4 nitrogen and oxygen atoms in total. The number of para-hydroxylation sites is 1. The van der Waals surface area contributed by atoms with Crippen molar-refractivity contribution in [1.82, 2.24) is 9.55 Å². The Bertz CT molecular complexity index is 479. The van der Waals surface area contributed by atoms with E-state index in [1.54, 1.807) is 17.3 Å². The lowest BCUT2D eigenvalue weighted by Crippen LogP contribution is -2.34. The summed E-state index contributed by atoms with van der Waals surface area (Å²) in [6.07, 6.45) is 6.85. The first-order valence-electron chi connectivity index (χ1n) is 6.18. The van der Waals surface area contributed by atoms with Gasteiger partial charge in [0, 0.05) is 24.6 Å². The molecule has 0 fully saturated rings. The molecule has 0 spiro atoms. The fourth-order valence-corrected chi connectivity index (χ4v) is 1.77. The monoisotopic (exact) mass is 243 g/mol. The van der Waals surface area contributed by atoms with Crippen LogP contribution in [-0.4, -0.2) is 22.1 Å². The molecule has 0 bridgehead atoms. The average molecular weight is 243 g/mol. The largest absolute Gasteiger partial charge is 0.333 e. The Hall–Kier alpha value is -2.10. The van der Waals surface area contributed by atoms with Crippen LogP contribution >= 0.6 is 0 Å². The molecule has 1 aromatic heterocycles. The molecule has 0 saturated carbocycles. The molecule has 1 heterocycles. The molecule has 2 aromatic rings. The van der Waals surface area contributed by atoms with Gasteiger partial charge in [0.1, 0.15) is 6.33 Å². The average Bonchev–Trinajstić information content (AvgIpc) is 2.94. The maximum Gasteiger partial charge on any atom is 0.333 e. The van der Waals surface area contributed by atoms with Crippen molar-refractivity contribution in [3.63, 3.8) is 0 Å². The normalized spacial score (nSPS) is 10.3. The molecular weight excluding hydrogens is 226 g/mol. The van der Waals surface area contributed by atoms with Crippen LogP contribution in [0.25, 0.3) is 0 Å². The van der Waals surface area contributed by atoms with Crippen molar-refractivity contribution in [2.75, 3.05) is 11.4 Å². The van der Waals surface area contributed by atoms with Crippen molar-refractivity contribution in [3.05, 3.63) is 49.1 Å². The molecular formula is C14H17N3O. The summed E-state index contributed by atoms with van der Waals surface area (Å²) in [5, 5.41) is 0. The Kier molecular flexibility index (Phi) is 4.12. The quantitative estimate of drug-likeness (QED) is 0.827. The Labute approximate surface area is 107 Å². The summed E-state index contributed by atoms with van der Waals surface area (Å²) < 4.78 is 1.50. The SMILES string of the molecule is CCCCN(C(=O)n1ccnc1)c1ccccc1. The Morgan fingerprint density at radius 1 is 1.33 bits per heavy atom. The summed E-state index contributed by atoms with van der Waals surface area (Å²) >= 11 is 0. The minimum atomic E-state index is -0.0628. The Balaban J connectivity index is 2.23. The van der Waals surface area contributed by atoms with E-state index in [9.17, 15) is 4.79 Å². The molecule has 0 saturated heterocycles. The summed E-state index contributed by atoms with van der Waals surface area (Å²) in [4.78, 5) is 18.1. The molecule has 1 aromatic carbocycles. The molecule has 4 heteroatoms. The standard InChI is InChI=1S/C14H17N3O/c1-2-3-10-17(13-7-5-4-6-8-13)14(18)16-11-9-15-12-16/h4-9,11-12H,2-3,10H2,1H3. The van der Waals surface area contributed by atoms with Gasteiger partial charge in [0.15, 0.2) is 0 Å². The van der Waals surface area contributed by atoms with Gasteiger partial charge >= 0.3 is 6.03 Å². The second kappa shape index (κ2) is 6.00. The third kappa shape index (κ3) is 2.77. The van der Waals surface area contributed by atoms with E-state index in [0.717, 1.165) is 25.1 Å². The van der Waals surface area contributed by atoms with E-state index in [1.807, 2.05) is 30.3 Å². The number of nitrogens with zero attached hydrogens (tertiary/aromatic N) is 3. The third-order valence-electron chi connectivity index (χ3n) is 2.76. The van der Waals surface area contributed by atoms with Gasteiger partial charge in [-0.05, 0) is 18.6 Å². The van der Waals surface area contributed by atoms with Gasteiger partial charge in [-0.1, -0.05) is 31.5 Å². The first-order chi connectivity index (χ1) is 8.83. The van der Waals surface area contributed by atoms with E-state index in [-0.39, 0.29) is 6.03 Å². The molecule has 0 atom stereocenters. The van der Waals surface area contributed by atoms with Crippen molar-refractivity contribution >= 4 is 11.7 Å². The number of anilines is 1. The Morgan fingerprint density at radius 3 is 2.72 bits per heavy atom. The number of hydrogen-bond donors (Lipinski definition) is 0. The van der Waals surface area contributed by atoms with Gasteiger partial charge in [0.25, 0.3) is 0 Å². The van der Waals surface area contributed by atoms with Crippen LogP contribution in [-0.2, 0) is 0 Å². The summed E-state index contributed by atoms with van der Waals surface area (Å²) in [6.45, 7) is 2.84. The molecule has 94 valence electrons. The van der Waals surface area contributed by atoms with Crippen molar-refractivity contribution in [2.24, 2.45) is 0 Å². The van der Waals surface area contributed by atoms with Crippen molar-refractivity contribution in [1.29, 1.82) is 0 Å². The van der Waals surface area contributed by atoms with E-state index in [4.69, 9.17) is 0 Å². The van der Waals surface area contributed by atoms with E-state index >= 15 is 0 Å². The number of carbonyl (C=O) groups is 1. The highest BCUT2D eigenvalue weighted by Crippen LogP contribution is 2.15. The van der Waals surface area contributed by atoms with Gasteiger partial charge in [-0.15, -0.1) is 0 Å². The second-order valence-corrected chi connectivity index (χ2v) is 4.09. The lowest BCUT2D eigenvalue weighted by Gasteiger charge is -2.22. The number of benzene rings is 1. The summed E-state index contributed by atoms with van der Waals surface area (Å²) in [5.41, 5.74) is 0.921. The van der Waals surface area contributed by atoms with Crippen LogP contribution in [0, 0.1) is 0 Å². The number of amides is 1. The molecule has 0 aliphatic rings. The van der Waals surface area contributed by atoms with E-state index in [0.29, 0.717) is 0 Å². The predicted molar refractivity (Wildman–Crippen MR) is 71.7 cm³/mol. The Morgan fingerprint density at radius 2 is 2.11 bits per heavy atom. The lowest BCUT2D eigenvalue weighted by molar-refractivity contribution is 0.247. The zero-order valence-electron chi connectivity index (χ0n) is 10.5. The number of carbonyl (C=O) groups excluding carboxylic acids is 1. The molecule has 0 N–H and O–H groups in total. The first-order valence-corrected chi connectivity index (χ1v) is 6.18. The second-order valence-electron chi connectivity index (χ2n) is 4.09. The molecule has 0 aliphatic carbocycles. The maximum atomic E-state index is 12.4. The van der Waals surface area contributed by atoms with Gasteiger partial charge in [-0.3, -0.25) is 9.47 Å². The number of hydrogen-bond acceptors (Lipinski definition) is 2. The number of imidazole rings is 1. The van der Waals surface area contributed by atoms with Crippen molar-refractivity contribution in [3.8, 4) is 0 Å². The van der Waals surface area contributed by atoms with Gasteiger partial charge in [-0.2, -0.15) is 0 Å². The zero-order chi connectivity index (χ0) is 12.8. The van der Waals surface area contributed by atoms with Gasteiger partial charge in [0.2, 0.25) is 0 Å². The molecule has 2 rings (SSSR count). The van der Waals surface area contributed by atoms with Crippen LogP contribution in [0.2, 0.25) is 0 Å². The maximum absolute atomic E-state index is 12.4. The topological polar surface area (TPSA) is 38.1 Å². The van der Waals surface area contributed by atoms with Gasteiger partial charge in [0.05, 0.1) is 0 Å². The first kappa shape index (κ1) is 12.4. The van der Waals surface area contributed by atoms with Crippen LogP contribution in [0.4, 0.5) is 10.5 Å². The summed E-state index contributed by atoms with van der Waals surface area (Å²) in [5.74, 6) is 0. The van der Waals surface area contributed by atoms with Gasteiger partial charge in [-0.25, -0.2) is 9.78 Å². The summed E-state index contributed by atoms with van der Waals surface area (Å²) in [7, 11) is 0. The van der Waals surface area contributed by atoms with Crippen LogP contribution < -0.4 is 4.90 Å². The number of aromatic nitrogens is 2. The van der Waals surface area contributed by atoms with Crippen LogP contribution in [0.15, 0.2) is 49.1 Å². The molecule has 0 radical (unpaired) electrons. The highest BCUT2D eigenvalue weighted by atomic mass is 16.2.